The maximum absolute atomic E-state index is 13.1. The third-order valence-corrected chi connectivity index (χ3v) is 8.72. The lowest BCUT2D eigenvalue weighted by Crippen LogP contribution is -2.44. The Hall–Kier alpha value is -3.96. The topological polar surface area (TPSA) is 105 Å². The van der Waals surface area contributed by atoms with Gasteiger partial charge in [0, 0.05) is 56.7 Å². The van der Waals surface area contributed by atoms with Crippen LogP contribution in [-0.2, 0) is 17.1 Å². The van der Waals surface area contributed by atoms with Crippen LogP contribution in [0.2, 0.25) is 0 Å². The summed E-state index contributed by atoms with van der Waals surface area (Å²) in [5, 5.41) is 3.99. The van der Waals surface area contributed by atoms with Crippen molar-refractivity contribution < 1.29 is 13.2 Å². The molecule has 0 amide bonds. The van der Waals surface area contributed by atoms with Crippen LogP contribution in [0.3, 0.4) is 0 Å². The van der Waals surface area contributed by atoms with Crippen LogP contribution in [0.15, 0.2) is 71.9 Å². The molecule has 1 atom stereocenters. The van der Waals surface area contributed by atoms with Gasteiger partial charge >= 0.3 is 0 Å². The second kappa shape index (κ2) is 12.5. The summed E-state index contributed by atoms with van der Waals surface area (Å²) in [6, 6.07) is 17.7. The van der Waals surface area contributed by atoms with Crippen molar-refractivity contribution in [2.45, 2.75) is 38.0 Å². The average molecular weight is 590 g/mol. The highest BCUT2D eigenvalue weighted by molar-refractivity contribution is 7.92. The fourth-order valence-electron chi connectivity index (χ4n) is 5.28. The van der Waals surface area contributed by atoms with Gasteiger partial charge < -0.3 is 14.5 Å². The largest absolute Gasteiger partial charge is 0.439 e. The molecule has 1 aliphatic heterocycles. The number of likely N-dealkylation sites (N-methyl/N-ethyl adjacent to an activating group) is 1. The zero-order valence-corrected chi connectivity index (χ0v) is 25.7. The zero-order chi connectivity index (χ0) is 29.9. The van der Waals surface area contributed by atoms with E-state index < -0.39 is 10.0 Å². The molecule has 222 valence electrons. The molecule has 3 heterocycles. The maximum Gasteiger partial charge on any atom is 0.267 e. The second-order valence-electron chi connectivity index (χ2n) is 11.4. The van der Waals surface area contributed by atoms with E-state index in [0.717, 1.165) is 49.4 Å². The minimum atomic E-state index is -3.97. The first-order chi connectivity index (χ1) is 20.1. The molecule has 1 unspecified atom stereocenters. The molecule has 0 spiro atoms. The molecule has 0 aliphatic carbocycles. The van der Waals surface area contributed by atoms with E-state index in [0.29, 0.717) is 17.4 Å². The van der Waals surface area contributed by atoms with Crippen LogP contribution in [-0.4, -0.2) is 66.3 Å². The van der Waals surface area contributed by atoms with Crippen LogP contribution in [0.1, 0.15) is 38.7 Å². The Bertz CT molecular complexity index is 1610. The normalized spacial score (nSPS) is 15.1. The van der Waals surface area contributed by atoms with Gasteiger partial charge in [0.1, 0.15) is 10.6 Å². The van der Waals surface area contributed by atoms with E-state index in [9.17, 15) is 8.42 Å². The van der Waals surface area contributed by atoms with Crippen LogP contribution < -0.4 is 14.4 Å². The summed E-state index contributed by atoms with van der Waals surface area (Å²) < 4.78 is 36.4. The van der Waals surface area contributed by atoms with Crippen LogP contribution in [0.4, 0.5) is 11.6 Å². The van der Waals surface area contributed by atoms with Crippen LogP contribution in [0.25, 0.3) is 11.3 Å². The molecule has 0 bridgehead atoms. The highest BCUT2D eigenvalue weighted by atomic mass is 32.2. The van der Waals surface area contributed by atoms with E-state index >= 15 is 0 Å². The summed E-state index contributed by atoms with van der Waals surface area (Å²) in [5.74, 6) is 1.56. The van der Waals surface area contributed by atoms with Gasteiger partial charge in [0.2, 0.25) is 11.8 Å². The molecule has 5 rings (SSSR count). The number of rotatable bonds is 10. The number of sulfonamides is 1. The third kappa shape index (κ3) is 7.08. The number of ether oxygens (including phenoxy) is 1. The number of nitrogens with one attached hydrogen (secondary N) is 1. The molecule has 11 heteroatoms. The standard InChI is InChI=1S/C31H39N7O3S/c1-22(2)18-23(3)27-8-6-7-9-28(27)29-19-30(34-31(33-29)35-42(39,40)26-20-32-37(5)21-26)41-25-12-10-24(11-13-25)38-16-14-36(4)15-17-38/h6-13,19-23H,14-18H2,1-5H3,(H,33,34,35). The van der Waals surface area contributed by atoms with Crippen molar-refractivity contribution >= 4 is 21.7 Å². The Kier molecular flexibility index (Phi) is 8.79. The number of aryl methyl sites for hydroxylation is 1. The lowest BCUT2D eigenvalue weighted by Gasteiger charge is -2.34. The Morgan fingerprint density at radius 3 is 2.33 bits per heavy atom. The second-order valence-corrected chi connectivity index (χ2v) is 13.1. The predicted octanol–water partition coefficient (Wildman–Crippen LogP) is 5.37. The Morgan fingerprint density at radius 2 is 1.67 bits per heavy atom. The number of aromatic nitrogens is 4. The number of piperazine rings is 1. The lowest BCUT2D eigenvalue weighted by atomic mass is 9.88. The molecule has 42 heavy (non-hydrogen) atoms. The van der Waals surface area contributed by atoms with E-state index in [1.54, 1.807) is 13.1 Å². The van der Waals surface area contributed by atoms with Crippen molar-refractivity contribution in [3.63, 3.8) is 0 Å². The first-order valence-electron chi connectivity index (χ1n) is 14.3. The summed E-state index contributed by atoms with van der Waals surface area (Å²) in [6.07, 6.45) is 3.72. The fourth-order valence-corrected chi connectivity index (χ4v) is 6.21. The van der Waals surface area contributed by atoms with Gasteiger partial charge in [0.05, 0.1) is 11.9 Å². The quantitative estimate of drug-likeness (QED) is 0.263. The van der Waals surface area contributed by atoms with Gasteiger partial charge in [0.25, 0.3) is 10.0 Å². The molecule has 2 aromatic carbocycles. The minimum Gasteiger partial charge on any atom is -0.439 e. The Balaban J connectivity index is 1.48. The molecule has 1 N–H and O–H groups in total. The number of benzene rings is 2. The lowest BCUT2D eigenvalue weighted by molar-refractivity contribution is 0.313. The smallest absolute Gasteiger partial charge is 0.267 e. The number of anilines is 2. The molecule has 2 aromatic heterocycles. The van der Waals surface area contributed by atoms with Gasteiger partial charge in [-0.1, -0.05) is 45.0 Å². The van der Waals surface area contributed by atoms with Crippen molar-refractivity contribution in [1.29, 1.82) is 0 Å². The van der Waals surface area contributed by atoms with E-state index in [1.165, 1.54) is 17.1 Å². The highest BCUT2D eigenvalue weighted by Gasteiger charge is 2.21. The summed E-state index contributed by atoms with van der Waals surface area (Å²) in [7, 11) is -0.172. The van der Waals surface area contributed by atoms with E-state index in [2.05, 4.69) is 63.5 Å². The van der Waals surface area contributed by atoms with Gasteiger partial charge in [-0.05, 0) is 55.1 Å². The maximum atomic E-state index is 13.1. The molecule has 10 nitrogen and oxygen atoms in total. The summed E-state index contributed by atoms with van der Waals surface area (Å²) in [4.78, 5) is 13.8. The Labute approximate surface area is 248 Å². The fraction of sp³-hybridized carbons (Fsp3) is 0.387. The van der Waals surface area contributed by atoms with E-state index in [1.807, 2.05) is 42.5 Å². The zero-order valence-electron chi connectivity index (χ0n) is 24.9. The predicted molar refractivity (Wildman–Crippen MR) is 166 cm³/mol. The van der Waals surface area contributed by atoms with Crippen molar-refractivity contribution in [3.8, 4) is 22.9 Å². The van der Waals surface area contributed by atoms with Crippen LogP contribution >= 0.6 is 0 Å². The van der Waals surface area contributed by atoms with Crippen molar-refractivity contribution in [1.82, 2.24) is 24.6 Å². The first kappa shape index (κ1) is 29.5. The van der Waals surface area contributed by atoms with Crippen molar-refractivity contribution in [2.24, 2.45) is 13.0 Å². The summed E-state index contributed by atoms with van der Waals surface area (Å²) in [5.41, 5.74) is 3.75. The minimum absolute atomic E-state index is 0.0203. The molecule has 1 aliphatic rings. The molecule has 0 saturated carbocycles. The van der Waals surface area contributed by atoms with Gasteiger partial charge in [-0.3, -0.25) is 4.68 Å². The Morgan fingerprint density at radius 1 is 0.952 bits per heavy atom. The van der Waals surface area contributed by atoms with Gasteiger partial charge in [-0.15, -0.1) is 0 Å². The SMILES string of the molecule is CC(C)CC(C)c1ccccc1-c1cc(Oc2ccc(N3CCN(C)CC3)cc2)nc(NS(=O)(=O)c2cnn(C)c2)n1. The highest BCUT2D eigenvalue weighted by Crippen LogP contribution is 2.34. The number of hydrogen-bond acceptors (Lipinski definition) is 8. The summed E-state index contributed by atoms with van der Waals surface area (Å²) >= 11 is 0. The monoisotopic (exact) mass is 589 g/mol. The molecule has 0 radical (unpaired) electrons. The van der Waals surface area contributed by atoms with Crippen LogP contribution in [0, 0.1) is 5.92 Å². The van der Waals surface area contributed by atoms with Gasteiger partial charge in [-0.25, -0.2) is 18.1 Å². The van der Waals surface area contributed by atoms with E-state index in [-0.39, 0.29) is 22.6 Å². The first-order valence-corrected chi connectivity index (χ1v) is 15.8. The molecule has 4 aromatic rings. The molecular formula is C31H39N7O3S. The summed E-state index contributed by atoms with van der Waals surface area (Å²) in [6.45, 7) is 10.6. The molecule has 1 saturated heterocycles. The van der Waals surface area contributed by atoms with Gasteiger partial charge in [-0.2, -0.15) is 10.1 Å². The third-order valence-electron chi connectivity index (χ3n) is 7.44. The van der Waals surface area contributed by atoms with Gasteiger partial charge in [0.15, 0.2) is 0 Å². The molecule has 1 fully saturated rings. The van der Waals surface area contributed by atoms with E-state index in [4.69, 9.17) is 4.74 Å². The number of hydrogen-bond donors (Lipinski definition) is 1. The number of nitrogens with zero attached hydrogens (tertiary/aromatic N) is 6. The average Bonchev–Trinajstić information content (AvgIpc) is 3.40. The van der Waals surface area contributed by atoms with Crippen molar-refractivity contribution in [2.75, 3.05) is 42.8 Å². The van der Waals surface area contributed by atoms with Crippen molar-refractivity contribution in [3.05, 3.63) is 72.6 Å². The molecular weight excluding hydrogens is 550 g/mol. The van der Waals surface area contributed by atoms with Crippen LogP contribution in [0.5, 0.6) is 11.6 Å².